The second-order valence-corrected chi connectivity index (χ2v) is 14.5. The van der Waals surface area contributed by atoms with E-state index >= 15 is 0 Å². The van der Waals surface area contributed by atoms with Crippen LogP contribution in [0.2, 0.25) is 0 Å². The van der Waals surface area contributed by atoms with E-state index in [2.05, 4.69) is 159 Å². The third-order valence-electron chi connectivity index (χ3n) is 7.51. The zero-order valence-electron chi connectivity index (χ0n) is 21.8. The molecule has 5 aromatic carbocycles. The highest BCUT2D eigenvalue weighted by atomic mass is 32.1. The summed E-state index contributed by atoms with van der Waals surface area (Å²) in [6, 6.07) is 47.3. The Morgan fingerprint density at radius 2 is 1.16 bits per heavy atom. The second-order valence-electron chi connectivity index (χ2n) is 9.62. The first-order valence-electron chi connectivity index (χ1n) is 13.2. The Labute approximate surface area is 230 Å². The van der Waals surface area contributed by atoms with E-state index in [-0.39, 0.29) is 0 Å². The van der Waals surface area contributed by atoms with Crippen LogP contribution in [0, 0.1) is 0 Å². The van der Waals surface area contributed by atoms with Gasteiger partial charge in [0.2, 0.25) is 0 Å². The molecule has 0 saturated carbocycles. The maximum absolute atomic E-state index is 2.55. The largest absolute Gasteiger partial charge is 0.179 e. The molecule has 0 N–H and O–H groups in total. The molecule has 0 saturated heterocycles. The summed E-state index contributed by atoms with van der Waals surface area (Å²) >= 11 is 1.87. The van der Waals surface area contributed by atoms with Crippen molar-refractivity contribution < 1.29 is 0 Å². The number of thiophene rings is 1. The van der Waals surface area contributed by atoms with Crippen LogP contribution in [0.15, 0.2) is 151 Å². The van der Waals surface area contributed by atoms with Crippen molar-refractivity contribution in [3.05, 3.63) is 151 Å². The second kappa shape index (κ2) is 10.4. The fourth-order valence-corrected chi connectivity index (χ4v) is 11.9. The van der Waals surface area contributed by atoms with Gasteiger partial charge in [-0.15, -0.1) is 11.3 Å². The molecule has 2 heteroatoms. The Morgan fingerprint density at radius 1 is 0.553 bits per heavy atom. The molecule has 184 valence electrons. The smallest absolute Gasteiger partial charge is 0.135 e. The first-order chi connectivity index (χ1) is 18.8. The molecule has 1 heterocycles. The van der Waals surface area contributed by atoms with Crippen LogP contribution < -0.4 is 15.6 Å². The van der Waals surface area contributed by atoms with E-state index < -0.39 is 8.07 Å². The summed E-state index contributed by atoms with van der Waals surface area (Å²) in [5.74, 6) is 0. The Balaban J connectivity index is 1.62. The molecule has 6 aromatic rings. The van der Waals surface area contributed by atoms with Crippen molar-refractivity contribution in [3.63, 3.8) is 0 Å². The van der Waals surface area contributed by atoms with Crippen molar-refractivity contribution in [1.82, 2.24) is 0 Å². The van der Waals surface area contributed by atoms with E-state index in [4.69, 9.17) is 0 Å². The Kier molecular flexibility index (Phi) is 6.67. The molecule has 0 radical (unpaired) electrons. The molecule has 0 aliphatic carbocycles. The Hall–Kier alpha value is -3.98. The summed E-state index contributed by atoms with van der Waals surface area (Å²) in [6.45, 7) is 4.30. The molecule has 0 nitrogen and oxygen atoms in total. The van der Waals surface area contributed by atoms with Crippen LogP contribution in [-0.2, 0) is 0 Å². The molecule has 0 atom stereocenters. The normalized spacial score (nSPS) is 12.5. The molecule has 1 aromatic heterocycles. The molecule has 0 spiro atoms. The summed E-state index contributed by atoms with van der Waals surface area (Å²) in [7, 11) is -2.55. The van der Waals surface area contributed by atoms with E-state index in [1.807, 2.05) is 11.3 Å². The van der Waals surface area contributed by atoms with E-state index in [1.165, 1.54) is 52.1 Å². The van der Waals surface area contributed by atoms with Gasteiger partial charge in [-0.05, 0) is 63.9 Å². The Morgan fingerprint density at radius 3 is 1.84 bits per heavy atom. The van der Waals surface area contributed by atoms with Crippen LogP contribution in [0.25, 0.3) is 31.3 Å². The van der Waals surface area contributed by atoms with Gasteiger partial charge in [0.15, 0.2) is 8.07 Å². The van der Waals surface area contributed by atoms with Gasteiger partial charge < -0.3 is 0 Å². The van der Waals surface area contributed by atoms with Gasteiger partial charge >= 0.3 is 0 Å². The number of hydrogen-bond donors (Lipinski definition) is 0. The van der Waals surface area contributed by atoms with Crippen LogP contribution in [0.1, 0.15) is 13.8 Å². The minimum absolute atomic E-state index is 1.26. The first kappa shape index (κ1) is 24.4. The van der Waals surface area contributed by atoms with E-state index in [0.717, 1.165) is 0 Å². The minimum Gasteiger partial charge on any atom is -0.135 e. The van der Waals surface area contributed by atoms with Gasteiger partial charge in [0.05, 0.1) is 0 Å². The lowest BCUT2D eigenvalue weighted by Gasteiger charge is -2.35. The van der Waals surface area contributed by atoms with Gasteiger partial charge in [-0.2, -0.15) is 0 Å². The number of benzene rings is 5. The fraction of sp³-hybridized carbons (Fsp3) is 0.0556. The lowest BCUT2D eigenvalue weighted by molar-refractivity contribution is 1.59. The topological polar surface area (TPSA) is 0 Å². The number of hydrogen-bond acceptors (Lipinski definition) is 1. The third-order valence-corrected chi connectivity index (χ3v) is 13.6. The minimum atomic E-state index is -2.55. The molecule has 0 aliphatic heterocycles. The molecule has 0 fully saturated rings. The van der Waals surface area contributed by atoms with E-state index in [9.17, 15) is 0 Å². The average molecular weight is 523 g/mol. The molecule has 0 bridgehead atoms. The van der Waals surface area contributed by atoms with Crippen molar-refractivity contribution >= 4 is 55.1 Å². The zero-order chi connectivity index (χ0) is 26.0. The van der Waals surface area contributed by atoms with Gasteiger partial charge in [-0.3, -0.25) is 0 Å². The van der Waals surface area contributed by atoms with Crippen molar-refractivity contribution in [2.75, 3.05) is 0 Å². The van der Waals surface area contributed by atoms with Crippen LogP contribution >= 0.6 is 11.3 Å². The van der Waals surface area contributed by atoms with Crippen molar-refractivity contribution in [3.8, 4) is 11.1 Å². The summed E-state index contributed by atoms with van der Waals surface area (Å²) in [6.07, 6.45) is 6.83. The highest BCUT2D eigenvalue weighted by Crippen LogP contribution is 2.36. The van der Waals surface area contributed by atoms with Crippen molar-refractivity contribution in [2.45, 2.75) is 13.8 Å². The Bertz CT molecular complexity index is 1740. The van der Waals surface area contributed by atoms with E-state index in [1.54, 1.807) is 0 Å². The van der Waals surface area contributed by atoms with Crippen molar-refractivity contribution in [2.24, 2.45) is 0 Å². The lowest BCUT2D eigenvalue weighted by Crippen LogP contribution is -2.68. The van der Waals surface area contributed by atoms with Crippen LogP contribution in [0.5, 0.6) is 0 Å². The zero-order valence-corrected chi connectivity index (χ0v) is 23.6. The maximum atomic E-state index is 2.45. The quantitative estimate of drug-likeness (QED) is 0.117. The molecule has 0 aliphatic rings. The van der Waals surface area contributed by atoms with Gasteiger partial charge in [-0.1, -0.05) is 127 Å². The SMILES string of the molecule is C/C=C\C(=C/C)[Si](c1ccccc1)(c1ccccc1)c1cccc(-c2ccc3sc4ccccc4c3c2)c1. The van der Waals surface area contributed by atoms with E-state index in [0.29, 0.717) is 0 Å². The molecule has 38 heavy (non-hydrogen) atoms. The molecule has 6 rings (SSSR count). The summed E-state index contributed by atoms with van der Waals surface area (Å²) in [4.78, 5) is 0. The highest BCUT2D eigenvalue weighted by molar-refractivity contribution is 7.25. The summed E-state index contributed by atoms with van der Waals surface area (Å²) in [5, 5.41) is 8.27. The molecular formula is C36H30SSi. The predicted octanol–water partition coefficient (Wildman–Crippen LogP) is 8.25. The predicted molar refractivity (Wildman–Crippen MR) is 171 cm³/mol. The van der Waals surface area contributed by atoms with Gasteiger partial charge in [0.1, 0.15) is 0 Å². The average Bonchev–Trinajstić information content (AvgIpc) is 3.36. The van der Waals surface area contributed by atoms with Gasteiger partial charge in [0.25, 0.3) is 0 Å². The first-order valence-corrected chi connectivity index (χ1v) is 16.0. The van der Waals surface area contributed by atoms with Crippen LogP contribution in [0.3, 0.4) is 0 Å². The number of fused-ring (bicyclic) bond motifs is 3. The summed E-state index contributed by atoms with van der Waals surface area (Å²) in [5.41, 5.74) is 2.53. The van der Waals surface area contributed by atoms with Crippen molar-refractivity contribution in [1.29, 1.82) is 0 Å². The maximum Gasteiger partial charge on any atom is 0.179 e. The lowest BCUT2D eigenvalue weighted by atomic mass is 10.0. The highest BCUT2D eigenvalue weighted by Gasteiger charge is 2.41. The van der Waals surface area contributed by atoms with Gasteiger partial charge in [0, 0.05) is 20.2 Å². The number of rotatable bonds is 6. The number of allylic oxidation sites excluding steroid dienone is 4. The van der Waals surface area contributed by atoms with Crippen LogP contribution in [-0.4, -0.2) is 8.07 Å². The fourth-order valence-electron chi connectivity index (χ4n) is 5.83. The third kappa shape index (κ3) is 4.07. The molecule has 0 unspecified atom stereocenters. The molecule has 0 amide bonds. The standard InChI is InChI=1S/C36H30SSi/c1-3-14-29(4-2)38(30-16-7-5-8-17-30,31-18-9-6-10-19-31)32-20-13-15-27(25-32)28-23-24-36-34(26-28)33-21-11-12-22-35(33)37-36/h3-26H,1-2H3/b14-3-,29-4+. The summed E-state index contributed by atoms with van der Waals surface area (Å²) < 4.78 is 2.68. The van der Waals surface area contributed by atoms with Crippen LogP contribution in [0.4, 0.5) is 0 Å². The van der Waals surface area contributed by atoms with Gasteiger partial charge in [-0.25, -0.2) is 0 Å². The monoisotopic (exact) mass is 522 g/mol. The molecular weight excluding hydrogens is 493 g/mol.